The monoisotopic (exact) mass is 308 g/mol. The van der Waals surface area contributed by atoms with Crippen LogP contribution in [0.25, 0.3) is 5.69 Å². The van der Waals surface area contributed by atoms with Crippen molar-refractivity contribution in [1.82, 2.24) is 14.8 Å². The Hall–Kier alpha value is -3.15. The molecule has 2 heterocycles. The number of nitrogens with one attached hydrogen (secondary N) is 1. The van der Waals surface area contributed by atoms with Gasteiger partial charge in [-0.25, -0.2) is 9.67 Å². The summed E-state index contributed by atoms with van der Waals surface area (Å²) in [5.41, 5.74) is 2.07. The smallest absolute Gasteiger partial charge is 0.281 e. The highest BCUT2D eigenvalue weighted by atomic mass is 16.5. The zero-order valence-electron chi connectivity index (χ0n) is 12.9. The molecule has 3 rings (SSSR count). The summed E-state index contributed by atoms with van der Waals surface area (Å²) in [7, 11) is 1.51. The first kappa shape index (κ1) is 14.8. The molecule has 0 bridgehead atoms. The first-order chi connectivity index (χ1) is 11.2. The van der Waals surface area contributed by atoms with Crippen LogP contribution in [0.15, 0.2) is 54.9 Å². The van der Waals surface area contributed by atoms with Crippen molar-refractivity contribution in [3.8, 4) is 11.4 Å². The molecule has 0 aliphatic rings. The number of ether oxygens (including phenoxy) is 1. The second-order valence-corrected chi connectivity index (χ2v) is 5.00. The van der Waals surface area contributed by atoms with Crippen LogP contribution in [0.4, 0.5) is 5.82 Å². The number of carbonyl (C=O) groups excluding carboxylic acids is 1. The van der Waals surface area contributed by atoms with Gasteiger partial charge >= 0.3 is 0 Å². The number of aromatic nitrogens is 3. The SMILES string of the molecule is COc1cn(-c2ccccc2)nc1C(=O)Nc1ccc(C)cn1. The van der Waals surface area contributed by atoms with Crippen molar-refractivity contribution in [1.29, 1.82) is 0 Å². The zero-order chi connectivity index (χ0) is 16.2. The van der Waals surface area contributed by atoms with E-state index in [4.69, 9.17) is 4.74 Å². The van der Waals surface area contributed by atoms with Gasteiger partial charge in [-0.2, -0.15) is 5.10 Å². The van der Waals surface area contributed by atoms with Gasteiger partial charge in [0.15, 0.2) is 11.4 Å². The predicted molar refractivity (Wildman–Crippen MR) is 87.0 cm³/mol. The Morgan fingerprint density at radius 2 is 1.96 bits per heavy atom. The summed E-state index contributed by atoms with van der Waals surface area (Å²) in [5.74, 6) is 0.503. The summed E-state index contributed by atoms with van der Waals surface area (Å²) in [5, 5.41) is 7.04. The van der Waals surface area contributed by atoms with Crippen LogP contribution in [-0.2, 0) is 0 Å². The first-order valence-corrected chi connectivity index (χ1v) is 7.10. The summed E-state index contributed by atoms with van der Waals surface area (Å²) in [6.45, 7) is 1.93. The van der Waals surface area contributed by atoms with E-state index in [1.54, 1.807) is 23.1 Å². The summed E-state index contributed by atoms with van der Waals surface area (Å²) in [4.78, 5) is 16.6. The molecule has 1 aromatic carbocycles. The molecule has 3 aromatic rings. The number of carbonyl (C=O) groups is 1. The maximum atomic E-state index is 12.4. The van der Waals surface area contributed by atoms with E-state index >= 15 is 0 Å². The van der Waals surface area contributed by atoms with E-state index < -0.39 is 0 Å². The Bertz CT molecular complexity index is 810. The molecule has 0 atom stereocenters. The fourth-order valence-electron chi connectivity index (χ4n) is 2.10. The van der Waals surface area contributed by atoms with E-state index in [9.17, 15) is 4.79 Å². The molecule has 0 saturated carbocycles. The van der Waals surface area contributed by atoms with E-state index in [0.29, 0.717) is 11.6 Å². The van der Waals surface area contributed by atoms with Crippen molar-refractivity contribution in [2.24, 2.45) is 0 Å². The van der Waals surface area contributed by atoms with Crippen LogP contribution in [0, 0.1) is 6.92 Å². The second-order valence-electron chi connectivity index (χ2n) is 5.00. The minimum atomic E-state index is -0.368. The molecule has 0 aliphatic carbocycles. The van der Waals surface area contributed by atoms with Crippen molar-refractivity contribution < 1.29 is 9.53 Å². The van der Waals surface area contributed by atoms with Gasteiger partial charge in [-0.15, -0.1) is 0 Å². The van der Waals surface area contributed by atoms with E-state index in [2.05, 4.69) is 15.4 Å². The van der Waals surface area contributed by atoms with Crippen molar-refractivity contribution >= 4 is 11.7 Å². The lowest BCUT2D eigenvalue weighted by Crippen LogP contribution is -2.15. The molecule has 1 N–H and O–H groups in total. The van der Waals surface area contributed by atoms with Crippen molar-refractivity contribution in [2.75, 3.05) is 12.4 Å². The molecule has 6 nitrogen and oxygen atoms in total. The van der Waals surface area contributed by atoms with Gasteiger partial charge in [-0.1, -0.05) is 24.3 Å². The highest BCUT2D eigenvalue weighted by molar-refractivity contribution is 6.04. The molecule has 116 valence electrons. The normalized spacial score (nSPS) is 10.3. The van der Waals surface area contributed by atoms with Gasteiger partial charge in [-0.05, 0) is 30.7 Å². The molecule has 0 unspecified atom stereocenters. The molecular formula is C17H16N4O2. The van der Waals surface area contributed by atoms with Crippen LogP contribution in [0.1, 0.15) is 16.1 Å². The highest BCUT2D eigenvalue weighted by Crippen LogP contribution is 2.20. The third kappa shape index (κ3) is 3.21. The van der Waals surface area contributed by atoms with Crippen LogP contribution in [0.3, 0.4) is 0 Å². The maximum absolute atomic E-state index is 12.4. The van der Waals surface area contributed by atoms with E-state index in [1.165, 1.54) is 7.11 Å². The summed E-state index contributed by atoms with van der Waals surface area (Å²) in [6, 6.07) is 13.1. The molecule has 0 fully saturated rings. The van der Waals surface area contributed by atoms with Crippen LogP contribution < -0.4 is 10.1 Å². The number of amides is 1. The Morgan fingerprint density at radius 3 is 2.61 bits per heavy atom. The van der Waals surface area contributed by atoms with E-state index in [-0.39, 0.29) is 11.6 Å². The third-order valence-corrected chi connectivity index (χ3v) is 3.29. The number of hydrogen-bond acceptors (Lipinski definition) is 4. The predicted octanol–water partition coefficient (Wildman–Crippen LogP) is 2.84. The number of methoxy groups -OCH3 is 1. The number of nitrogens with zero attached hydrogens (tertiary/aromatic N) is 3. The molecular weight excluding hydrogens is 292 g/mol. The van der Waals surface area contributed by atoms with Crippen molar-refractivity contribution in [3.05, 3.63) is 66.1 Å². The van der Waals surface area contributed by atoms with Crippen molar-refractivity contribution in [2.45, 2.75) is 6.92 Å². The van der Waals surface area contributed by atoms with Crippen LogP contribution in [0.5, 0.6) is 5.75 Å². The standard InChI is InChI=1S/C17H16N4O2/c1-12-8-9-15(18-10-12)19-17(22)16-14(23-2)11-21(20-16)13-6-4-3-5-7-13/h3-11H,1-2H3,(H,18,19,22). The highest BCUT2D eigenvalue weighted by Gasteiger charge is 2.18. The Labute approximate surface area is 133 Å². The maximum Gasteiger partial charge on any atom is 0.281 e. The Balaban J connectivity index is 1.88. The minimum Gasteiger partial charge on any atom is -0.493 e. The molecule has 0 spiro atoms. The number of hydrogen-bond donors (Lipinski definition) is 1. The number of benzene rings is 1. The third-order valence-electron chi connectivity index (χ3n) is 3.29. The topological polar surface area (TPSA) is 69.0 Å². The van der Waals surface area contributed by atoms with Crippen LogP contribution >= 0.6 is 0 Å². The summed E-state index contributed by atoms with van der Waals surface area (Å²) in [6.07, 6.45) is 3.36. The van der Waals surface area contributed by atoms with Crippen LogP contribution in [0.2, 0.25) is 0 Å². The van der Waals surface area contributed by atoms with Gasteiger partial charge < -0.3 is 10.1 Å². The minimum absolute atomic E-state index is 0.207. The van der Waals surface area contributed by atoms with E-state index in [0.717, 1.165) is 11.3 Å². The van der Waals surface area contributed by atoms with Gasteiger partial charge in [0.05, 0.1) is 19.0 Å². The van der Waals surface area contributed by atoms with Gasteiger partial charge in [0.1, 0.15) is 5.82 Å². The second kappa shape index (κ2) is 6.31. The lowest BCUT2D eigenvalue weighted by molar-refractivity contribution is 0.101. The van der Waals surface area contributed by atoms with Gasteiger partial charge in [0.2, 0.25) is 0 Å². The molecule has 0 saturated heterocycles. The zero-order valence-corrected chi connectivity index (χ0v) is 12.9. The molecule has 23 heavy (non-hydrogen) atoms. The van der Waals surface area contributed by atoms with Crippen LogP contribution in [-0.4, -0.2) is 27.8 Å². The van der Waals surface area contributed by atoms with E-state index in [1.807, 2.05) is 43.3 Å². The summed E-state index contributed by atoms with van der Waals surface area (Å²) < 4.78 is 6.87. The average Bonchev–Trinajstić information content (AvgIpc) is 3.02. The van der Waals surface area contributed by atoms with Crippen molar-refractivity contribution in [3.63, 3.8) is 0 Å². The largest absolute Gasteiger partial charge is 0.493 e. The molecule has 0 aliphatic heterocycles. The quantitative estimate of drug-likeness (QED) is 0.804. The first-order valence-electron chi connectivity index (χ1n) is 7.10. The fraction of sp³-hybridized carbons (Fsp3) is 0.118. The number of anilines is 1. The lowest BCUT2D eigenvalue weighted by atomic mass is 10.3. The van der Waals surface area contributed by atoms with Gasteiger partial charge in [-0.3, -0.25) is 4.79 Å². The molecule has 0 radical (unpaired) electrons. The number of pyridine rings is 1. The Kier molecular flexibility index (Phi) is 4.05. The number of aryl methyl sites for hydroxylation is 1. The fourth-order valence-corrected chi connectivity index (χ4v) is 2.10. The summed E-state index contributed by atoms with van der Waals surface area (Å²) >= 11 is 0. The molecule has 2 aromatic heterocycles. The Morgan fingerprint density at radius 1 is 1.17 bits per heavy atom. The number of para-hydroxylation sites is 1. The van der Waals surface area contributed by atoms with Gasteiger partial charge in [0, 0.05) is 6.20 Å². The van der Waals surface area contributed by atoms with Gasteiger partial charge in [0.25, 0.3) is 5.91 Å². The molecule has 1 amide bonds. The average molecular weight is 308 g/mol. The number of rotatable bonds is 4. The lowest BCUT2D eigenvalue weighted by Gasteiger charge is -2.03. The molecule has 6 heteroatoms.